The molecule has 37 heavy (non-hydrogen) atoms. The Hall–Kier alpha value is -4.45. The number of carbonyl (C=O) groups is 3. The third kappa shape index (κ3) is 9.26. The van der Waals surface area contributed by atoms with E-state index in [1.54, 1.807) is 24.3 Å². The van der Waals surface area contributed by atoms with Gasteiger partial charge in [0.15, 0.2) is 0 Å². The number of hydrogen-bond acceptors (Lipinski definition) is 5. The van der Waals surface area contributed by atoms with Gasteiger partial charge in [0.05, 0.1) is 6.54 Å². The summed E-state index contributed by atoms with van der Waals surface area (Å²) >= 11 is 0. The number of benzene rings is 3. The fourth-order valence-corrected chi connectivity index (χ4v) is 3.28. The van der Waals surface area contributed by atoms with Crippen LogP contribution in [0.3, 0.4) is 0 Å². The van der Waals surface area contributed by atoms with Crippen LogP contribution in [0.4, 0.5) is 0 Å². The molecule has 3 rings (SSSR count). The fraction of sp³-hybridized carbons (Fsp3) is 0.207. The van der Waals surface area contributed by atoms with Crippen LogP contribution in [-0.4, -0.2) is 42.1 Å². The molecule has 0 heterocycles. The summed E-state index contributed by atoms with van der Waals surface area (Å²) in [7, 11) is 0. The van der Waals surface area contributed by atoms with Gasteiger partial charge in [-0.25, -0.2) is 5.48 Å². The van der Waals surface area contributed by atoms with Crippen molar-refractivity contribution in [1.82, 2.24) is 21.4 Å². The smallest absolute Gasteiger partial charge is 0.267 e. The van der Waals surface area contributed by atoms with E-state index in [0.717, 1.165) is 16.7 Å². The van der Waals surface area contributed by atoms with Crippen LogP contribution >= 0.6 is 0 Å². The maximum Gasteiger partial charge on any atom is 0.267 e. The molecule has 0 fully saturated rings. The summed E-state index contributed by atoms with van der Waals surface area (Å²) in [6.07, 6.45) is 0. The van der Waals surface area contributed by atoms with Crippen molar-refractivity contribution in [2.75, 3.05) is 13.1 Å². The average molecular weight is 501 g/mol. The van der Waals surface area contributed by atoms with Crippen LogP contribution < -0.4 is 21.4 Å². The second-order valence-corrected chi connectivity index (χ2v) is 8.01. The van der Waals surface area contributed by atoms with Crippen molar-refractivity contribution in [3.05, 3.63) is 107 Å². The summed E-state index contributed by atoms with van der Waals surface area (Å²) in [5.74, 6) is 4.33. The third-order valence-corrected chi connectivity index (χ3v) is 5.38. The van der Waals surface area contributed by atoms with Crippen molar-refractivity contribution in [2.24, 2.45) is 0 Å². The first-order chi connectivity index (χ1) is 17.5. The zero-order valence-electron chi connectivity index (χ0n) is 19.8. The Morgan fingerprint density at radius 3 is 2.00 bits per heavy atom. The topological polar surface area (TPSA) is 120 Å². The SMILES string of the molecule is C.C[C@H](NCC(=O)NC[C@H](NC(=O)c1ccc(C#Cc2ccccc2)cc1)C(=O)NO)c1ccccc1. The van der Waals surface area contributed by atoms with E-state index in [-0.39, 0.29) is 32.5 Å². The summed E-state index contributed by atoms with van der Waals surface area (Å²) in [5, 5.41) is 17.3. The molecule has 0 aliphatic carbocycles. The van der Waals surface area contributed by atoms with Crippen molar-refractivity contribution in [1.29, 1.82) is 0 Å². The van der Waals surface area contributed by atoms with Crippen molar-refractivity contribution >= 4 is 17.7 Å². The zero-order valence-corrected chi connectivity index (χ0v) is 19.8. The zero-order chi connectivity index (χ0) is 25.8. The first kappa shape index (κ1) is 28.8. The molecule has 0 spiro atoms. The molecule has 2 atom stereocenters. The Morgan fingerprint density at radius 2 is 1.41 bits per heavy atom. The van der Waals surface area contributed by atoms with Gasteiger partial charge in [-0.15, -0.1) is 0 Å². The molecular formula is C29H32N4O4. The van der Waals surface area contributed by atoms with Gasteiger partial charge in [0.1, 0.15) is 6.04 Å². The van der Waals surface area contributed by atoms with Crippen LogP contribution in [0.25, 0.3) is 0 Å². The van der Waals surface area contributed by atoms with Crippen LogP contribution in [0.5, 0.6) is 0 Å². The molecule has 8 nitrogen and oxygen atoms in total. The summed E-state index contributed by atoms with van der Waals surface area (Å²) in [5.41, 5.74) is 4.47. The molecule has 3 aromatic rings. The lowest BCUT2D eigenvalue weighted by atomic mass is 10.1. The maximum atomic E-state index is 12.6. The maximum absolute atomic E-state index is 12.6. The molecule has 0 aliphatic rings. The number of amides is 3. The van der Waals surface area contributed by atoms with Crippen LogP contribution in [-0.2, 0) is 9.59 Å². The van der Waals surface area contributed by atoms with Gasteiger partial charge in [-0.05, 0) is 48.9 Å². The predicted octanol–water partition coefficient (Wildman–Crippen LogP) is 2.79. The van der Waals surface area contributed by atoms with E-state index in [1.807, 2.05) is 67.6 Å². The van der Waals surface area contributed by atoms with Gasteiger partial charge >= 0.3 is 0 Å². The minimum atomic E-state index is -1.17. The van der Waals surface area contributed by atoms with E-state index in [9.17, 15) is 14.4 Å². The molecule has 192 valence electrons. The Balaban J connectivity index is 0.00000481. The summed E-state index contributed by atoms with van der Waals surface area (Å²) in [6.45, 7) is 1.76. The molecule has 0 aliphatic heterocycles. The van der Waals surface area contributed by atoms with E-state index < -0.39 is 17.9 Å². The van der Waals surface area contributed by atoms with E-state index in [2.05, 4.69) is 27.8 Å². The first-order valence-electron chi connectivity index (χ1n) is 11.4. The quantitative estimate of drug-likeness (QED) is 0.176. The van der Waals surface area contributed by atoms with Crippen LogP contribution in [0, 0.1) is 11.8 Å². The van der Waals surface area contributed by atoms with E-state index in [1.165, 1.54) is 5.48 Å². The predicted molar refractivity (Wildman–Crippen MR) is 143 cm³/mol. The largest absolute Gasteiger partial charge is 0.352 e. The Morgan fingerprint density at radius 1 is 0.838 bits per heavy atom. The monoisotopic (exact) mass is 500 g/mol. The Kier molecular flexibility index (Phi) is 11.5. The molecule has 0 aromatic heterocycles. The van der Waals surface area contributed by atoms with Gasteiger partial charge in [0.2, 0.25) is 5.91 Å². The first-order valence-corrected chi connectivity index (χ1v) is 11.4. The third-order valence-electron chi connectivity index (χ3n) is 5.38. The van der Waals surface area contributed by atoms with Gasteiger partial charge in [-0.3, -0.25) is 19.6 Å². The highest BCUT2D eigenvalue weighted by molar-refractivity contribution is 5.97. The van der Waals surface area contributed by atoms with E-state index in [4.69, 9.17) is 5.21 Å². The van der Waals surface area contributed by atoms with E-state index >= 15 is 0 Å². The lowest BCUT2D eigenvalue weighted by Crippen LogP contribution is -2.52. The molecule has 5 N–H and O–H groups in total. The molecule has 3 aromatic carbocycles. The number of carbonyl (C=O) groups excluding carboxylic acids is 3. The van der Waals surface area contributed by atoms with E-state index in [0.29, 0.717) is 5.56 Å². The van der Waals surface area contributed by atoms with Gasteiger partial charge in [-0.1, -0.05) is 67.8 Å². The van der Waals surface area contributed by atoms with Gasteiger partial charge in [-0.2, -0.15) is 0 Å². The average Bonchev–Trinajstić information content (AvgIpc) is 2.93. The highest BCUT2D eigenvalue weighted by atomic mass is 16.5. The van der Waals surface area contributed by atoms with Crippen molar-refractivity contribution in [2.45, 2.75) is 26.4 Å². The normalized spacial score (nSPS) is 11.5. The number of nitrogens with one attached hydrogen (secondary N) is 4. The van der Waals surface area contributed by atoms with Gasteiger partial charge in [0.25, 0.3) is 11.8 Å². The van der Waals surface area contributed by atoms with Gasteiger partial charge < -0.3 is 16.0 Å². The molecule has 3 amide bonds. The molecule has 0 radical (unpaired) electrons. The molecule has 0 unspecified atom stereocenters. The summed E-state index contributed by atoms with van der Waals surface area (Å²) < 4.78 is 0. The number of hydrogen-bond donors (Lipinski definition) is 5. The minimum Gasteiger partial charge on any atom is -0.352 e. The fourth-order valence-electron chi connectivity index (χ4n) is 3.28. The van der Waals surface area contributed by atoms with Crippen molar-refractivity contribution in [3.63, 3.8) is 0 Å². The number of rotatable bonds is 9. The molecular weight excluding hydrogens is 468 g/mol. The minimum absolute atomic E-state index is 0. The molecule has 0 saturated carbocycles. The highest BCUT2D eigenvalue weighted by Gasteiger charge is 2.22. The van der Waals surface area contributed by atoms with Crippen LogP contribution in [0.15, 0.2) is 84.9 Å². The van der Waals surface area contributed by atoms with Gasteiger partial charge in [0, 0.05) is 29.3 Å². The van der Waals surface area contributed by atoms with Crippen molar-refractivity contribution < 1.29 is 19.6 Å². The van der Waals surface area contributed by atoms with Crippen molar-refractivity contribution in [3.8, 4) is 11.8 Å². The van der Waals surface area contributed by atoms with Crippen LogP contribution in [0.2, 0.25) is 0 Å². The highest BCUT2D eigenvalue weighted by Crippen LogP contribution is 2.10. The number of hydroxylamine groups is 1. The Bertz CT molecular complexity index is 1220. The molecule has 0 bridgehead atoms. The Labute approximate surface area is 217 Å². The summed E-state index contributed by atoms with van der Waals surface area (Å²) in [6, 6.07) is 24.5. The van der Waals surface area contributed by atoms with Crippen LogP contribution in [0.1, 0.15) is 47.4 Å². The molecule has 0 saturated heterocycles. The second kappa shape index (κ2) is 14.8. The lowest BCUT2D eigenvalue weighted by Gasteiger charge is -2.18. The standard InChI is InChI=1S/C28H28N4O4.CH4/c1-20(23-10-6-3-7-11-23)29-19-26(33)30-18-25(28(35)32-36)31-27(34)24-16-14-22(15-17-24)13-12-21-8-4-2-5-9-21;/h2-11,14-17,20,25,29,36H,18-19H2,1H3,(H,30,33)(H,31,34)(H,32,35);1H4/t20-,25-;/m0./s1. The lowest BCUT2D eigenvalue weighted by molar-refractivity contribution is -0.131. The summed E-state index contributed by atoms with van der Waals surface area (Å²) in [4.78, 5) is 37.0. The molecule has 8 heteroatoms. The second-order valence-electron chi connectivity index (χ2n) is 8.01.